The van der Waals surface area contributed by atoms with Crippen molar-refractivity contribution < 1.29 is 23.0 Å². The van der Waals surface area contributed by atoms with E-state index >= 15 is 0 Å². The highest BCUT2D eigenvalue weighted by atomic mass is 32.2. The van der Waals surface area contributed by atoms with Gasteiger partial charge in [-0.2, -0.15) is 5.26 Å². The molecular weight excluding hydrogens is 476 g/mol. The first-order valence-corrected chi connectivity index (χ1v) is 11.5. The summed E-state index contributed by atoms with van der Waals surface area (Å²) in [5.41, 5.74) is 7.27. The third-order valence-electron chi connectivity index (χ3n) is 5.39. The number of halogens is 2. The number of ether oxygens (including phenoxy) is 2. The molecule has 1 aliphatic carbocycles. The molecule has 11 heteroatoms. The van der Waals surface area contributed by atoms with Crippen LogP contribution in [0.2, 0.25) is 0 Å². The lowest BCUT2D eigenvalue weighted by molar-refractivity contribution is -0.117. The summed E-state index contributed by atoms with van der Waals surface area (Å²) in [6, 6.07) is 9.01. The van der Waals surface area contributed by atoms with Gasteiger partial charge in [0.25, 0.3) is 0 Å². The minimum Gasteiger partial charge on any atom is -0.379 e. The number of amides is 1. The lowest BCUT2D eigenvalue weighted by atomic mass is 9.99. The van der Waals surface area contributed by atoms with Gasteiger partial charge >= 0.3 is 0 Å². The van der Waals surface area contributed by atoms with Crippen molar-refractivity contribution in [2.45, 2.75) is 24.0 Å². The third kappa shape index (κ3) is 7.08. The molecule has 35 heavy (non-hydrogen) atoms. The predicted molar refractivity (Wildman–Crippen MR) is 130 cm³/mol. The van der Waals surface area contributed by atoms with E-state index < -0.39 is 5.83 Å². The fraction of sp³-hybridized carbons (Fsp3) is 0.333. The molecule has 2 aromatic rings. The van der Waals surface area contributed by atoms with E-state index in [4.69, 9.17) is 20.5 Å². The van der Waals surface area contributed by atoms with Gasteiger partial charge < -0.3 is 20.5 Å². The monoisotopic (exact) mass is 501 g/mol. The molecule has 3 unspecified atom stereocenters. The smallest absolute Gasteiger partial charge is 0.207 e. The molecule has 1 aliphatic heterocycles. The summed E-state index contributed by atoms with van der Waals surface area (Å²) in [5, 5.41) is 12.1. The van der Waals surface area contributed by atoms with Crippen molar-refractivity contribution >= 4 is 35.2 Å². The normalized spacial score (nSPS) is 20.6. The molecule has 1 fully saturated rings. The maximum Gasteiger partial charge on any atom is 0.207 e. The van der Waals surface area contributed by atoms with Crippen LogP contribution in [0.25, 0.3) is 11.9 Å². The molecule has 8 nitrogen and oxygen atoms in total. The third-order valence-corrected chi connectivity index (χ3v) is 6.58. The number of nitrogens with two attached hydrogens (primary N) is 1. The molecule has 2 aliphatic rings. The van der Waals surface area contributed by atoms with Gasteiger partial charge in [-0.05, 0) is 48.2 Å². The van der Waals surface area contributed by atoms with Crippen molar-refractivity contribution in [2.75, 3.05) is 20.8 Å². The zero-order valence-corrected chi connectivity index (χ0v) is 20.0. The number of aromatic nitrogens is 1. The van der Waals surface area contributed by atoms with Crippen LogP contribution in [-0.4, -0.2) is 48.9 Å². The number of nitrogens with one attached hydrogen (secondary N) is 1. The molecule has 1 saturated carbocycles. The number of thioether (sulfide) groups is 1. The molecule has 1 aromatic heterocycles. The number of hydrogen-bond donors (Lipinski definition) is 2. The molecule has 2 heterocycles. The van der Waals surface area contributed by atoms with E-state index in [0.717, 1.165) is 6.42 Å². The second-order valence-electron chi connectivity index (χ2n) is 7.71. The number of hydrogen-bond acceptors (Lipinski definition) is 8. The molecule has 0 bridgehead atoms. The molecule has 4 rings (SSSR count). The molecule has 0 spiro atoms. The van der Waals surface area contributed by atoms with E-state index in [1.165, 1.54) is 62.5 Å². The Kier molecular flexibility index (Phi) is 9.31. The summed E-state index contributed by atoms with van der Waals surface area (Å²) < 4.78 is 38.3. The molecule has 1 amide bonds. The van der Waals surface area contributed by atoms with E-state index in [1.807, 2.05) is 6.07 Å². The van der Waals surface area contributed by atoms with Crippen LogP contribution >= 0.6 is 11.8 Å². The van der Waals surface area contributed by atoms with Gasteiger partial charge in [0.05, 0.1) is 23.8 Å². The number of fused-ring (bicyclic) bond motifs is 1. The van der Waals surface area contributed by atoms with Crippen molar-refractivity contribution in [1.82, 2.24) is 10.3 Å². The quantitative estimate of drug-likeness (QED) is 0.420. The van der Waals surface area contributed by atoms with E-state index in [2.05, 4.69) is 15.3 Å². The van der Waals surface area contributed by atoms with Crippen molar-refractivity contribution in [1.29, 1.82) is 5.26 Å². The summed E-state index contributed by atoms with van der Waals surface area (Å²) >= 11 is 1.54. The minimum absolute atomic E-state index is 0.119. The lowest BCUT2D eigenvalue weighted by Gasteiger charge is -2.19. The molecule has 3 N–H and O–H groups in total. The van der Waals surface area contributed by atoms with Crippen LogP contribution in [0.15, 0.2) is 41.5 Å². The summed E-state index contributed by atoms with van der Waals surface area (Å²) in [6.45, 7) is 0.385. The number of aliphatic imine (C=N–C) groups is 1. The maximum atomic E-state index is 14.4. The zero-order valence-electron chi connectivity index (χ0n) is 19.2. The number of amidine groups is 1. The fourth-order valence-electron chi connectivity index (χ4n) is 3.48. The van der Waals surface area contributed by atoms with E-state index in [9.17, 15) is 13.6 Å². The Morgan fingerprint density at radius 1 is 1.37 bits per heavy atom. The van der Waals surface area contributed by atoms with Gasteiger partial charge in [0.2, 0.25) is 6.41 Å². The van der Waals surface area contributed by atoms with E-state index in [1.54, 1.807) is 6.07 Å². The van der Waals surface area contributed by atoms with Crippen LogP contribution in [0.4, 0.5) is 8.78 Å². The van der Waals surface area contributed by atoms with Crippen LogP contribution in [-0.2, 0) is 14.3 Å². The van der Waals surface area contributed by atoms with Crippen molar-refractivity contribution in [3.63, 3.8) is 0 Å². The number of carbonyl (C=O) groups is 1. The highest BCUT2D eigenvalue weighted by Gasteiger charge is 2.48. The Balaban J connectivity index is 0.000000327. The number of carbonyl (C=O) groups excluding carboxylic acids is 1. The Hall–Kier alpha value is -3.33. The highest BCUT2D eigenvalue weighted by molar-refractivity contribution is 8.14. The maximum absolute atomic E-state index is 14.4. The average Bonchev–Trinajstić information content (AvgIpc) is 3.65. The van der Waals surface area contributed by atoms with Crippen molar-refractivity contribution in [3.05, 3.63) is 64.7 Å². The average molecular weight is 502 g/mol. The second-order valence-corrected chi connectivity index (χ2v) is 8.97. The van der Waals surface area contributed by atoms with Gasteiger partial charge in [-0.15, -0.1) is 0 Å². The standard InChI is InChI=1S/C19H14F2N4S.C5H11NO3/c20-14-3-1-10(6-15(21)16-4-2-11(8-22)9-24-16)5-12(14)18-13-7-17(13)26-19(23)25-18;1-8-5(9-2)3-6-4-7/h1-6,9,13,17-18H,7H2,(H2,23,25);4-5H,3H2,1-2H3,(H,6,7)/b15-6-;. The number of pyridine rings is 1. The predicted octanol–water partition coefficient (Wildman–Crippen LogP) is 3.40. The summed E-state index contributed by atoms with van der Waals surface area (Å²) in [6.07, 6.45) is 3.83. The molecule has 1 aromatic carbocycles. The molecule has 0 saturated heterocycles. The van der Waals surface area contributed by atoms with Crippen LogP contribution in [0.5, 0.6) is 0 Å². The largest absolute Gasteiger partial charge is 0.379 e. The van der Waals surface area contributed by atoms with Crippen LogP contribution in [0, 0.1) is 23.1 Å². The van der Waals surface area contributed by atoms with Gasteiger partial charge in [-0.3, -0.25) is 14.8 Å². The van der Waals surface area contributed by atoms with Gasteiger partial charge in [-0.1, -0.05) is 17.8 Å². The van der Waals surface area contributed by atoms with Crippen LogP contribution in [0.3, 0.4) is 0 Å². The number of nitriles is 1. The first kappa shape index (κ1) is 26.3. The Morgan fingerprint density at radius 3 is 2.77 bits per heavy atom. The van der Waals surface area contributed by atoms with Gasteiger partial charge in [0, 0.05) is 31.2 Å². The fourth-order valence-corrected chi connectivity index (χ4v) is 4.61. The van der Waals surface area contributed by atoms with Crippen molar-refractivity contribution in [3.8, 4) is 6.07 Å². The van der Waals surface area contributed by atoms with Crippen LogP contribution in [0.1, 0.15) is 34.8 Å². The number of methoxy groups -OCH3 is 2. The number of rotatable bonds is 8. The molecule has 184 valence electrons. The van der Waals surface area contributed by atoms with Gasteiger partial charge in [0.1, 0.15) is 17.7 Å². The summed E-state index contributed by atoms with van der Waals surface area (Å²) in [4.78, 5) is 18.0. The second kappa shape index (κ2) is 12.4. The summed E-state index contributed by atoms with van der Waals surface area (Å²) in [5.74, 6) is -0.636. The topological polar surface area (TPSA) is 123 Å². The first-order valence-electron chi connectivity index (χ1n) is 10.7. The first-order chi connectivity index (χ1) is 16.9. The lowest BCUT2D eigenvalue weighted by Crippen LogP contribution is -2.28. The highest BCUT2D eigenvalue weighted by Crippen LogP contribution is 2.54. The van der Waals surface area contributed by atoms with Gasteiger partial charge in [0.15, 0.2) is 11.5 Å². The zero-order chi connectivity index (χ0) is 25.4. The number of nitrogens with zero attached hydrogens (tertiary/aromatic N) is 3. The Bertz CT molecular complexity index is 1130. The van der Waals surface area contributed by atoms with Crippen LogP contribution < -0.4 is 11.1 Å². The minimum atomic E-state index is -0.557. The van der Waals surface area contributed by atoms with Crippen molar-refractivity contribution in [2.24, 2.45) is 16.6 Å². The molecular formula is C24H25F2N5O3S. The Labute approximate surface area is 206 Å². The van der Waals surface area contributed by atoms with E-state index in [-0.39, 0.29) is 29.8 Å². The Morgan fingerprint density at radius 2 is 2.14 bits per heavy atom. The van der Waals surface area contributed by atoms with E-state index in [0.29, 0.717) is 40.1 Å². The molecule has 0 radical (unpaired) electrons. The molecule has 3 atom stereocenters. The number of benzene rings is 1. The van der Waals surface area contributed by atoms with Gasteiger partial charge in [-0.25, -0.2) is 8.78 Å². The SMILES string of the molecule is COC(CNC=O)OC.N#Cc1ccc(/C(F)=C/c2ccc(F)c(C3N=C(N)SC4CC43)c2)nc1. The summed E-state index contributed by atoms with van der Waals surface area (Å²) in [7, 11) is 3.03.